The molecule has 2 saturated heterocycles. The summed E-state index contributed by atoms with van der Waals surface area (Å²) in [7, 11) is 4.04. The summed E-state index contributed by atoms with van der Waals surface area (Å²) in [5, 5.41) is 14.7. The highest BCUT2D eigenvalue weighted by Gasteiger charge is 2.51. The van der Waals surface area contributed by atoms with Crippen LogP contribution in [-0.4, -0.2) is 70.8 Å². The van der Waals surface area contributed by atoms with Gasteiger partial charge < -0.3 is 19.7 Å². The minimum Gasteiger partial charge on any atom is -0.378 e. The molecule has 156 valence electrons. The first-order chi connectivity index (χ1) is 14.7. The Labute approximate surface area is 175 Å². The van der Waals surface area contributed by atoms with Crippen LogP contribution in [0.1, 0.15) is 11.7 Å². The average molecular weight is 408 g/mol. The van der Waals surface area contributed by atoms with Gasteiger partial charge in [0.05, 0.1) is 12.3 Å². The summed E-state index contributed by atoms with van der Waals surface area (Å²) in [4.78, 5) is 6.46. The van der Waals surface area contributed by atoms with Gasteiger partial charge in [0.25, 0.3) is 0 Å². The Hall–Kier alpha value is -2.88. The molecule has 2 N–H and O–H groups in total. The van der Waals surface area contributed by atoms with Gasteiger partial charge in [-0.2, -0.15) is 0 Å². The van der Waals surface area contributed by atoms with Gasteiger partial charge in [0.15, 0.2) is 5.82 Å². The number of fused-ring (bicyclic) bond motifs is 1. The quantitative estimate of drug-likeness (QED) is 0.626. The molecule has 0 radical (unpaired) electrons. The molecule has 0 spiro atoms. The number of nitrogens with two attached hydrogens (primary N) is 1. The zero-order chi connectivity index (χ0) is 20.5. The highest BCUT2D eigenvalue weighted by molar-refractivity contribution is 5.60. The molecule has 0 saturated carbocycles. The fourth-order valence-electron chi connectivity index (χ4n) is 4.23. The zero-order valence-electron chi connectivity index (χ0n) is 17.1. The minimum atomic E-state index is -0.0571. The molecule has 2 aromatic heterocycles. The molecule has 2 aliphatic rings. The zero-order valence-corrected chi connectivity index (χ0v) is 17.1. The van der Waals surface area contributed by atoms with E-state index in [1.807, 2.05) is 55.3 Å². The van der Waals surface area contributed by atoms with Crippen molar-refractivity contribution in [3.05, 3.63) is 54.4 Å². The van der Waals surface area contributed by atoms with E-state index in [2.05, 4.69) is 42.9 Å². The lowest BCUT2D eigenvalue weighted by atomic mass is 10.1. The van der Waals surface area contributed by atoms with Crippen LogP contribution in [0, 0.1) is 0 Å². The Kier molecular flexibility index (Phi) is 5.16. The molecule has 30 heavy (non-hydrogen) atoms. The third kappa shape index (κ3) is 3.55. The first-order valence-corrected chi connectivity index (χ1v) is 10.2. The molecular weight excluding hydrogens is 382 g/mol. The summed E-state index contributed by atoms with van der Waals surface area (Å²) < 4.78 is 14.2. The molecule has 0 unspecified atom stereocenters. The number of hydrogen-bond donors (Lipinski definition) is 1. The Morgan fingerprint density at radius 2 is 1.90 bits per heavy atom. The van der Waals surface area contributed by atoms with Crippen LogP contribution in [0.5, 0.6) is 0 Å². The molecule has 0 bridgehead atoms. The standard InChI is InChI=1S/C21H25N7O2/c1-27(2)16-8-6-14(7-9-16)21-24-25-26-28(21)18-13-30-19-17(12-29-20(18)19)23-11-15-5-3-4-10-22-15/h3-10,17-20,23H,11-13H2,1-2H3/p+1/t17-,18-,19+,20+/m0/s1. The molecule has 9 nitrogen and oxygen atoms in total. The second kappa shape index (κ2) is 8.10. The molecular formula is C21H26N7O2+. The molecule has 2 aliphatic heterocycles. The Balaban J connectivity index is 1.30. The topological polar surface area (TPSA) is 94.8 Å². The van der Waals surface area contributed by atoms with Crippen molar-refractivity contribution in [2.75, 3.05) is 32.2 Å². The predicted molar refractivity (Wildman–Crippen MR) is 110 cm³/mol. The first-order valence-electron chi connectivity index (χ1n) is 10.2. The maximum absolute atomic E-state index is 6.16. The highest BCUT2D eigenvalue weighted by Crippen LogP contribution is 2.35. The van der Waals surface area contributed by atoms with Crippen LogP contribution in [-0.2, 0) is 16.0 Å². The molecule has 4 atom stereocenters. The summed E-state index contributed by atoms with van der Waals surface area (Å²) in [6.07, 6.45) is 1.79. The van der Waals surface area contributed by atoms with E-state index in [9.17, 15) is 0 Å². The van der Waals surface area contributed by atoms with Crippen LogP contribution in [0.3, 0.4) is 0 Å². The van der Waals surface area contributed by atoms with Crippen LogP contribution in [0.4, 0.5) is 5.69 Å². The van der Waals surface area contributed by atoms with E-state index >= 15 is 0 Å². The highest BCUT2D eigenvalue weighted by atomic mass is 16.6. The van der Waals surface area contributed by atoms with E-state index in [1.165, 1.54) is 0 Å². The van der Waals surface area contributed by atoms with Crippen molar-refractivity contribution in [2.45, 2.75) is 30.8 Å². The molecule has 9 heteroatoms. The molecule has 5 rings (SSSR count). The summed E-state index contributed by atoms with van der Waals surface area (Å²) in [6, 6.07) is 14.4. The number of anilines is 1. The average Bonchev–Trinajstić information content (AvgIpc) is 3.50. The summed E-state index contributed by atoms with van der Waals surface area (Å²) in [6.45, 7) is 1.99. The van der Waals surface area contributed by atoms with Gasteiger partial charge >= 0.3 is 0 Å². The molecule has 3 aromatic rings. The SMILES string of the molecule is CN(C)c1ccc(-c2nnnn2[C@H]2CO[C@H]3[C@@H]2OC[C@@H]3[NH2+]Cc2ccccn2)cc1. The van der Waals surface area contributed by atoms with Gasteiger partial charge in [-0.1, -0.05) is 6.07 Å². The number of aromatic nitrogens is 5. The van der Waals surface area contributed by atoms with Crippen molar-refractivity contribution in [1.82, 2.24) is 25.2 Å². The van der Waals surface area contributed by atoms with Crippen LogP contribution in [0.15, 0.2) is 48.7 Å². The Morgan fingerprint density at radius 3 is 2.67 bits per heavy atom. The lowest BCUT2D eigenvalue weighted by Gasteiger charge is -2.17. The van der Waals surface area contributed by atoms with Gasteiger partial charge in [-0.05, 0) is 46.8 Å². The number of quaternary nitrogens is 1. The van der Waals surface area contributed by atoms with E-state index < -0.39 is 0 Å². The van der Waals surface area contributed by atoms with Crippen LogP contribution in [0.2, 0.25) is 0 Å². The van der Waals surface area contributed by atoms with E-state index in [1.54, 1.807) is 0 Å². The number of pyridine rings is 1. The largest absolute Gasteiger partial charge is 0.378 e. The van der Waals surface area contributed by atoms with E-state index in [0.29, 0.717) is 13.2 Å². The van der Waals surface area contributed by atoms with Crippen molar-refractivity contribution >= 4 is 5.69 Å². The number of hydrogen-bond acceptors (Lipinski definition) is 7. The van der Waals surface area contributed by atoms with Crippen LogP contribution in [0.25, 0.3) is 11.4 Å². The van der Waals surface area contributed by atoms with Crippen molar-refractivity contribution < 1.29 is 14.8 Å². The maximum atomic E-state index is 6.16. The summed E-state index contributed by atoms with van der Waals surface area (Å²) in [5.41, 5.74) is 3.16. The lowest BCUT2D eigenvalue weighted by Crippen LogP contribution is -2.91. The normalized spacial score (nSPS) is 25.4. The second-order valence-electron chi connectivity index (χ2n) is 7.98. The molecule has 0 aliphatic carbocycles. The first kappa shape index (κ1) is 19.1. The smallest absolute Gasteiger partial charge is 0.182 e. The van der Waals surface area contributed by atoms with Crippen molar-refractivity contribution in [1.29, 1.82) is 0 Å². The molecule has 0 amide bonds. The Bertz CT molecular complexity index is 977. The maximum Gasteiger partial charge on any atom is 0.182 e. The van der Waals surface area contributed by atoms with Crippen molar-refractivity contribution in [3.63, 3.8) is 0 Å². The number of tetrazole rings is 1. The predicted octanol–water partition coefficient (Wildman–Crippen LogP) is 0.272. The van der Waals surface area contributed by atoms with E-state index in [-0.39, 0.29) is 24.3 Å². The van der Waals surface area contributed by atoms with E-state index in [0.717, 1.165) is 29.3 Å². The summed E-state index contributed by atoms with van der Waals surface area (Å²) >= 11 is 0. The third-order valence-corrected chi connectivity index (χ3v) is 5.87. The monoisotopic (exact) mass is 408 g/mol. The number of benzene rings is 1. The fourth-order valence-corrected chi connectivity index (χ4v) is 4.23. The van der Waals surface area contributed by atoms with Crippen molar-refractivity contribution in [2.24, 2.45) is 0 Å². The third-order valence-electron chi connectivity index (χ3n) is 5.87. The van der Waals surface area contributed by atoms with Gasteiger partial charge in [0.2, 0.25) is 0 Å². The van der Waals surface area contributed by atoms with Crippen LogP contribution < -0.4 is 10.2 Å². The molecule has 4 heterocycles. The number of ether oxygens (including phenoxy) is 2. The van der Waals surface area contributed by atoms with E-state index in [4.69, 9.17) is 9.47 Å². The van der Waals surface area contributed by atoms with Gasteiger partial charge in [0, 0.05) is 31.5 Å². The second-order valence-corrected chi connectivity index (χ2v) is 7.98. The lowest BCUT2D eigenvalue weighted by molar-refractivity contribution is -0.708. The van der Waals surface area contributed by atoms with Gasteiger partial charge in [-0.15, -0.1) is 5.10 Å². The number of rotatable bonds is 6. The van der Waals surface area contributed by atoms with Crippen LogP contribution >= 0.6 is 0 Å². The molecule has 1 aromatic carbocycles. The number of nitrogens with zero attached hydrogens (tertiary/aromatic N) is 6. The van der Waals surface area contributed by atoms with Crippen molar-refractivity contribution in [3.8, 4) is 11.4 Å². The van der Waals surface area contributed by atoms with Gasteiger partial charge in [-0.25, -0.2) is 4.68 Å². The minimum absolute atomic E-state index is 0.0203. The van der Waals surface area contributed by atoms with Gasteiger partial charge in [0.1, 0.15) is 37.4 Å². The molecule has 2 fully saturated rings. The fraction of sp³-hybridized carbons (Fsp3) is 0.429. The van der Waals surface area contributed by atoms with Gasteiger partial charge in [-0.3, -0.25) is 4.98 Å². The Morgan fingerprint density at radius 1 is 1.07 bits per heavy atom. The summed E-state index contributed by atoms with van der Waals surface area (Å²) in [5.74, 6) is 0.735.